The van der Waals surface area contributed by atoms with E-state index in [1.54, 1.807) is 25.4 Å². The molecule has 0 unspecified atom stereocenters. The predicted molar refractivity (Wildman–Crippen MR) is 229 cm³/mol. The van der Waals surface area contributed by atoms with Crippen LogP contribution in [0.25, 0.3) is 44.3 Å². The molecule has 2 aliphatic carbocycles. The lowest BCUT2D eigenvalue weighted by Crippen LogP contribution is -2.29. The number of aromatic nitrogens is 8. The number of aryl methyl sites for hydroxylation is 4. The van der Waals surface area contributed by atoms with Gasteiger partial charge < -0.3 is 28.6 Å². The van der Waals surface area contributed by atoms with Crippen LogP contribution in [0.15, 0.2) is 56.5 Å². The zero-order valence-electron chi connectivity index (χ0n) is 34.9. The van der Waals surface area contributed by atoms with Crippen molar-refractivity contribution < 1.29 is 33.2 Å². The zero-order valence-corrected chi connectivity index (χ0v) is 36.6. The molecule has 2 fully saturated rings. The fourth-order valence-electron chi connectivity index (χ4n) is 7.74. The van der Waals surface area contributed by atoms with Crippen molar-refractivity contribution >= 4 is 56.8 Å². The third-order valence-corrected chi connectivity index (χ3v) is 12.6. The van der Waals surface area contributed by atoms with Gasteiger partial charge >= 0.3 is 12.1 Å². The molecule has 10 rings (SSSR count). The molecule has 2 N–H and O–H groups in total. The Bertz CT molecular complexity index is 2870. The van der Waals surface area contributed by atoms with E-state index < -0.39 is 23.3 Å². The highest BCUT2D eigenvalue weighted by Crippen LogP contribution is 2.46. The van der Waals surface area contributed by atoms with E-state index in [0.29, 0.717) is 55.4 Å². The van der Waals surface area contributed by atoms with Crippen molar-refractivity contribution in [3.8, 4) is 22.3 Å². The first-order valence-electron chi connectivity index (χ1n) is 20.0. The smallest absolute Gasteiger partial charge is 0.420 e. The number of fused-ring (bicyclic) bond motifs is 2. The van der Waals surface area contributed by atoms with Crippen LogP contribution in [0.4, 0.5) is 4.79 Å². The van der Waals surface area contributed by atoms with Gasteiger partial charge in [0.25, 0.3) is 0 Å². The minimum atomic E-state index is -1.51. The Labute approximate surface area is 358 Å². The lowest BCUT2D eigenvalue weighted by atomic mass is 9.90. The SMILES string of the molecule is COC(=O)c1cc(-c2c(C)noc2C)cc2c1nc(C1CC1)n2C(=O)OC(C)(C)C.Cc1noc(C)c1-c1cc(C(O)(c2nccs2)c2nccs2)c2nc(C3CC3)[nH]c2c1. The number of H-pyrrole nitrogens is 1. The third kappa shape index (κ3) is 7.33. The summed E-state index contributed by atoms with van der Waals surface area (Å²) in [5.74, 6) is 3.02. The van der Waals surface area contributed by atoms with E-state index in [1.807, 2.05) is 64.4 Å². The molecule has 0 amide bonds. The molecule has 0 atom stereocenters. The molecule has 0 aliphatic heterocycles. The summed E-state index contributed by atoms with van der Waals surface area (Å²) in [6, 6.07) is 7.59. The highest BCUT2D eigenvalue weighted by molar-refractivity contribution is 7.11. The fraction of sp³-hybridized carbons (Fsp3) is 0.364. The molecular formula is C44H44N8O7S2. The molecule has 17 heteroatoms. The number of hydrogen-bond acceptors (Lipinski definition) is 15. The number of hydrogen-bond donors (Lipinski definition) is 2. The second-order valence-electron chi connectivity index (χ2n) is 16.5. The van der Waals surface area contributed by atoms with Crippen molar-refractivity contribution in [1.82, 2.24) is 39.8 Å². The van der Waals surface area contributed by atoms with Gasteiger partial charge in [0.2, 0.25) is 0 Å². The number of benzene rings is 2. The van der Waals surface area contributed by atoms with Gasteiger partial charge in [0.05, 0.1) is 40.6 Å². The van der Waals surface area contributed by atoms with Crippen LogP contribution >= 0.6 is 22.7 Å². The second kappa shape index (κ2) is 15.1. The van der Waals surface area contributed by atoms with E-state index >= 15 is 0 Å². The van der Waals surface area contributed by atoms with Gasteiger partial charge in [-0.3, -0.25) is 0 Å². The summed E-state index contributed by atoms with van der Waals surface area (Å²) >= 11 is 2.81. The van der Waals surface area contributed by atoms with Crippen molar-refractivity contribution in [3.05, 3.63) is 103 Å². The van der Waals surface area contributed by atoms with Gasteiger partial charge in [0.1, 0.15) is 44.3 Å². The zero-order chi connectivity index (χ0) is 43.0. The number of imidazole rings is 2. The maximum atomic E-state index is 13.1. The minimum absolute atomic E-state index is 0.165. The first kappa shape index (κ1) is 40.4. The Morgan fingerprint density at radius 2 is 1.41 bits per heavy atom. The van der Waals surface area contributed by atoms with Crippen molar-refractivity contribution in [2.75, 3.05) is 7.11 Å². The number of nitrogens with zero attached hydrogens (tertiary/aromatic N) is 7. The van der Waals surface area contributed by atoms with Crippen LogP contribution in [-0.2, 0) is 15.1 Å². The highest BCUT2D eigenvalue weighted by Gasteiger charge is 2.42. The van der Waals surface area contributed by atoms with E-state index in [1.165, 1.54) is 34.4 Å². The maximum Gasteiger partial charge on any atom is 0.420 e. The van der Waals surface area contributed by atoms with E-state index in [4.69, 9.17) is 23.5 Å². The number of nitrogens with one attached hydrogen (secondary N) is 1. The van der Waals surface area contributed by atoms with Gasteiger partial charge in [-0.1, -0.05) is 10.3 Å². The van der Waals surface area contributed by atoms with E-state index in [0.717, 1.165) is 70.7 Å². The first-order chi connectivity index (χ1) is 29.2. The fourth-order valence-corrected chi connectivity index (χ4v) is 9.31. The number of esters is 1. The Morgan fingerprint density at radius 3 is 1.90 bits per heavy atom. The van der Waals surface area contributed by atoms with Crippen molar-refractivity contribution in [1.29, 1.82) is 0 Å². The second-order valence-corrected chi connectivity index (χ2v) is 18.3. The van der Waals surface area contributed by atoms with Crippen molar-refractivity contribution in [3.63, 3.8) is 0 Å². The normalized spacial score (nSPS) is 14.4. The quantitative estimate of drug-likeness (QED) is 0.137. The molecule has 2 aliphatic rings. The molecule has 0 bridgehead atoms. The summed E-state index contributed by atoms with van der Waals surface area (Å²) in [6.07, 6.45) is 7.04. The van der Waals surface area contributed by atoms with Crippen LogP contribution in [0, 0.1) is 27.7 Å². The van der Waals surface area contributed by atoms with Crippen molar-refractivity contribution in [2.45, 2.75) is 97.2 Å². The third-order valence-electron chi connectivity index (χ3n) is 10.8. The topological polar surface area (TPSA) is 197 Å². The number of aliphatic hydroxyl groups is 1. The Morgan fingerprint density at radius 1 is 0.820 bits per heavy atom. The molecule has 0 radical (unpaired) electrons. The van der Waals surface area contributed by atoms with Gasteiger partial charge in [0.15, 0.2) is 5.60 Å². The molecule has 2 saturated carbocycles. The van der Waals surface area contributed by atoms with Gasteiger partial charge in [-0.25, -0.2) is 34.1 Å². The summed E-state index contributed by atoms with van der Waals surface area (Å²) in [4.78, 5) is 47.8. The Balaban J connectivity index is 0.000000156. The molecule has 61 heavy (non-hydrogen) atoms. The van der Waals surface area contributed by atoms with E-state index in [2.05, 4.69) is 36.3 Å². The highest BCUT2D eigenvalue weighted by atomic mass is 32.1. The van der Waals surface area contributed by atoms with Crippen LogP contribution in [0.5, 0.6) is 0 Å². The van der Waals surface area contributed by atoms with Crippen LogP contribution in [0.1, 0.15) is 119 Å². The van der Waals surface area contributed by atoms with Gasteiger partial charge in [-0.15, -0.1) is 22.7 Å². The number of aromatic amines is 1. The average Bonchev–Trinajstić information content (AvgIpc) is 3.76. The summed E-state index contributed by atoms with van der Waals surface area (Å²) in [5, 5.41) is 25.2. The van der Waals surface area contributed by atoms with Crippen molar-refractivity contribution in [2.24, 2.45) is 0 Å². The Kier molecular flexibility index (Phi) is 10.0. The number of ether oxygens (including phenoxy) is 2. The van der Waals surface area contributed by atoms with E-state index in [-0.39, 0.29) is 11.5 Å². The molecule has 8 aromatic rings. The number of thiazole rings is 2. The Hall–Kier alpha value is -6.04. The molecule has 6 heterocycles. The largest absolute Gasteiger partial charge is 0.465 e. The number of carbonyl (C=O) groups excluding carboxylic acids is 2. The molecule has 314 valence electrons. The minimum Gasteiger partial charge on any atom is -0.465 e. The number of carbonyl (C=O) groups is 2. The molecule has 15 nitrogen and oxygen atoms in total. The van der Waals surface area contributed by atoms with Crippen LogP contribution in [0.3, 0.4) is 0 Å². The lowest BCUT2D eigenvalue weighted by Gasteiger charge is -2.25. The maximum absolute atomic E-state index is 13.1. The molecule has 2 aromatic carbocycles. The van der Waals surface area contributed by atoms with Crippen LogP contribution in [0.2, 0.25) is 0 Å². The van der Waals surface area contributed by atoms with Gasteiger partial charge in [0, 0.05) is 51.7 Å². The molecule has 0 spiro atoms. The van der Waals surface area contributed by atoms with Gasteiger partial charge in [-0.2, -0.15) is 0 Å². The summed E-state index contributed by atoms with van der Waals surface area (Å²) in [7, 11) is 1.32. The average molecular weight is 861 g/mol. The molecule has 6 aromatic heterocycles. The van der Waals surface area contributed by atoms with Gasteiger partial charge in [-0.05, 0) is 110 Å². The molecular weight excluding hydrogens is 817 g/mol. The number of rotatable bonds is 8. The van der Waals surface area contributed by atoms with Crippen LogP contribution < -0.4 is 0 Å². The summed E-state index contributed by atoms with van der Waals surface area (Å²) < 4.78 is 22.9. The molecule has 0 saturated heterocycles. The first-order valence-corrected chi connectivity index (χ1v) is 21.7. The standard InChI is InChI=1S/C22H19N5O2S2.C22H25N3O5/c1-11-17(12(2)29-27-11)14-9-15(18-16(10-14)25-19(26-18)13-3-4-13)22(28,20-23-5-7-30-20)21-24-6-8-31-21;1-11-17(12(2)30-24-11)14-9-15(20(26)28-6)18-16(10-14)25(19(23-18)13-7-8-13)21(27)29-22(3,4)5/h5-10,13,28H,3-4H2,1-2H3,(H,25,26);9-10,13H,7-8H2,1-6H3. The monoisotopic (exact) mass is 860 g/mol. The lowest BCUT2D eigenvalue weighted by molar-refractivity contribution is 0.0537. The van der Waals surface area contributed by atoms with Crippen LogP contribution in [-0.4, -0.2) is 69.7 Å². The predicted octanol–water partition coefficient (Wildman–Crippen LogP) is 9.66. The summed E-state index contributed by atoms with van der Waals surface area (Å²) in [5.41, 5.74) is 6.11. The number of methoxy groups -OCH3 is 1. The van der Waals surface area contributed by atoms with E-state index in [9.17, 15) is 14.7 Å². The summed E-state index contributed by atoms with van der Waals surface area (Å²) in [6.45, 7) is 12.9.